The van der Waals surface area contributed by atoms with Crippen molar-refractivity contribution in [2.75, 3.05) is 0 Å². The van der Waals surface area contributed by atoms with Gasteiger partial charge in [-0.3, -0.25) is 0 Å². The average molecular weight is 140 g/mol. The second-order valence-corrected chi connectivity index (χ2v) is 3.27. The second kappa shape index (κ2) is 5.52. The summed E-state index contributed by atoms with van der Waals surface area (Å²) in [6.07, 6.45) is 5.22. The second-order valence-electron chi connectivity index (χ2n) is 3.27. The molecule has 0 aromatic rings. The molecule has 10 heavy (non-hydrogen) atoms. The van der Waals surface area contributed by atoms with Gasteiger partial charge in [0, 0.05) is 0 Å². The Labute approximate surface area is 65.3 Å². The highest BCUT2D eigenvalue weighted by Crippen LogP contribution is 2.14. The fourth-order valence-electron chi connectivity index (χ4n) is 0.891. The van der Waals surface area contributed by atoms with E-state index < -0.39 is 0 Å². The van der Waals surface area contributed by atoms with Gasteiger partial charge in [0.15, 0.2) is 0 Å². The van der Waals surface area contributed by atoms with Crippen LogP contribution in [0.25, 0.3) is 0 Å². The molecule has 0 amide bonds. The van der Waals surface area contributed by atoms with Crippen LogP contribution >= 0.6 is 0 Å². The van der Waals surface area contributed by atoms with Crippen LogP contribution in [0, 0.1) is 5.92 Å². The quantitative estimate of drug-likeness (QED) is 0.402. The third-order valence-corrected chi connectivity index (χ3v) is 1.92. The third-order valence-electron chi connectivity index (χ3n) is 1.92. The molecular weight excluding hydrogens is 120 g/mol. The molecule has 0 atom stereocenters. The molecule has 0 aromatic carbocycles. The molecule has 0 N–H and O–H groups in total. The summed E-state index contributed by atoms with van der Waals surface area (Å²) in [5.74, 6) is 0.678. The molecule has 0 rings (SSSR count). The lowest BCUT2D eigenvalue weighted by molar-refractivity contribution is 0.650. The van der Waals surface area contributed by atoms with Crippen molar-refractivity contribution < 1.29 is 0 Å². The van der Waals surface area contributed by atoms with Crippen molar-refractivity contribution in [1.82, 2.24) is 0 Å². The molecule has 0 unspecified atom stereocenters. The predicted molar refractivity (Wildman–Crippen MR) is 48.1 cm³/mol. The standard InChI is InChI=1S/C10H20/c1-5-6-7-8-10(4)9(2)3/h9H,4-8H2,1-3H3. The van der Waals surface area contributed by atoms with Crippen LogP contribution in [0.15, 0.2) is 12.2 Å². The zero-order valence-electron chi connectivity index (χ0n) is 7.61. The molecule has 0 aliphatic carbocycles. The van der Waals surface area contributed by atoms with E-state index in [0.29, 0.717) is 5.92 Å². The number of hydrogen-bond donors (Lipinski definition) is 0. The minimum absolute atomic E-state index is 0.678. The molecule has 0 aliphatic rings. The Morgan fingerprint density at radius 1 is 1.30 bits per heavy atom. The van der Waals surface area contributed by atoms with Gasteiger partial charge in [0.2, 0.25) is 0 Å². The molecule has 0 spiro atoms. The van der Waals surface area contributed by atoms with Gasteiger partial charge in [0.1, 0.15) is 0 Å². The maximum absolute atomic E-state index is 4.03. The van der Waals surface area contributed by atoms with E-state index in [2.05, 4.69) is 27.4 Å². The number of hydrogen-bond acceptors (Lipinski definition) is 0. The van der Waals surface area contributed by atoms with Gasteiger partial charge in [0.05, 0.1) is 0 Å². The normalized spacial score (nSPS) is 10.4. The predicted octanol–water partition coefficient (Wildman–Crippen LogP) is 3.78. The summed E-state index contributed by atoms with van der Waals surface area (Å²) in [6.45, 7) is 10.7. The Hall–Kier alpha value is -0.260. The van der Waals surface area contributed by atoms with Gasteiger partial charge >= 0.3 is 0 Å². The molecular formula is C10H20. The first-order chi connectivity index (χ1) is 4.68. The Balaban J connectivity index is 3.22. The molecule has 0 nitrogen and oxygen atoms in total. The van der Waals surface area contributed by atoms with Crippen LogP contribution in [0.1, 0.15) is 46.5 Å². The largest absolute Gasteiger partial charge is 0.0996 e. The van der Waals surface area contributed by atoms with E-state index in [1.807, 2.05) is 0 Å². The van der Waals surface area contributed by atoms with Gasteiger partial charge in [-0.25, -0.2) is 0 Å². The highest BCUT2D eigenvalue weighted by Gasteiger charge is 1.98. The van der Waals surface area contributed by atoms with E-state index in [1.165, 1.54) is 31.3 Å². The summed E-state index contributed by atoms with van der Waals surface area (Å²) < 4.78 is 0. The van der Waals surface area contributed by atoms with Gasteiger partial charge in [-0.15, -0.1) is 0 Å². The first-order valence-corrected chi connectivity index (χ1v) is 4.36. The van der Waals surface area contributed by atoms with E-state index in [9.17, 15) is 0 Å². The molecule has 0 aromatic heterocycles. The SMILES string of the molecule is C=C(CCCCC)C(C)C. The zero-order valence-corrected chi connectivity index (χ0v) is 7.61. The number of allylic oxidation sites excluding steroid dienone is 1. The van der Waals surface area contributed by atoms with Crippen LogP contribution < -0.4 is 0 Å². The molecule has 0 fully saturated rings. The Kier molecular flexibility index (Phi) is 5.38. The minimum Gasteiger partial charge on any atom is -0.0996 e. The molecule has 60 valence electrons. The Morgan fingerprint density at radius 3 is 2.30 bits per heavy atom. The highest BCUT2D eigenvalue weighted by molar-refractivity contribution is 4.96. The fraction of sp³-hybridized carbons (Fsp3) is 0.800. The summed E-state index contributed by atoms with van der Waals surface area (Å²) in [5, 5.41) is 0. The van der Waals surface area contributed by atoms with E-state index in [1.54, 1.807) is 0 Å². The van der Waals surface area contributed by atoms with Crippen molar-refractivity contribution in [2.45, 2.75) is 46.5 Å². The van der Waals surface area contributed by atoms with Crippen LogP contribution in [0.5, 0.6) is 0 Å². The average Bonchev–Trinajstić information content (AvgIpc) is 1.88. The lowest BCUT2D eigenvalue weighted by atomic mass is 9.99. The number of unbranched alkanes of at least 4 members (excludes halogenated alkanes) is 2. The summed E-state index contributed by atoms with van der Waals surface area (Å²) in [6, 6.07) is 0. The smallest absolute Gasteiger partial charge is 0.0263 e. The van der Waals surface area contributed by atoms with Crippen molar-refractivity contribution in [3.63, 3.8) is 0 Å². The van der Waals surface area contributed by atoms with E-state index in [-0.39, 0.29) is 0 Å². The third kappa shape index (κ3) is 4.60. The van der Waals surface area contributed by atoms with E-state index >= 15 is 0 Å². The van der Waals surface area contributed by atoms with Crippen LogP contribution in [0.2, 0.25) is 0 Å². The van der Waals surface area contributed by atoms with Crippen LogP contribution in [-0.4, -0.2) is 0 Å². The first kappa shape index (κ1) is 9.74. The summed E-state index contributed by atoms with van der Waals surface area (Å²) in [5.41, 5.74) is 1.41. The van der Waals surface area contributed by atoms with Gasteiger partial charge < -0.3 is 0 Å². The Bertz CT molecular complexity index is 90.2. The minimum atomic E-state index is 0.678. The van der Waals surface area contributed by atoms with Crippen LogP contribution in [0.3, 0.4) is 0 Å². The Morgan fingerprint density at radius 2 is 1.90 bits per heavy atom. The molecule has 0 radical (unpaired) electrons. The monoisotopic (exact) mass is 140 g/mol. The van der Waals surface area contributed by atoms with Crippen LogP contribution in [-0.2, 0) is 0 Å². The van der Waals surface area contributed by atoms with E-state index in [0.717, 1.165) is 0 Å². The molecule has 0 aliphatic heterocycles. The molecule has 0 saturated carbocycles. The summed E-state index contributed by atoms with van der Waals surface area (Å²) in [4.78, 5) is 0. The summed E-state index contributed by atoms with van der Waals surface area (Å²) in [7, 11) is 0. The molecule has 0 heterocycles. The van der Waals surface area contributed by atoms with E-state index in [4.69, 9.17) is 0 Å². The molecule has 0 saturated heterocycles. The zero-order chi connectivity index (χ0) is 7.98. The lowest BCUT2D eigenvalue weighted by Gasteiger charge is -2.07. The van der Waals surface area contributed by atoms with Crippen LogP contribution in [0.4, 0.5) is 0 Å². The maximum Gasteiger partial charge on any atom is -0.0263 e. The highest BCUT2D eigenvalue weighted by atomic mass is 14.0. The van der Waals surface area contributed by atoms with Gasteiger partial charge in [-0.2, -0.15) is 0 Å². The van der Waals surface area contributed by atoms with Gasteiger partial charge in [0.25, 0.3) is 0 Å². The van der Waals surface area contributed by atoms with Crippen molar-refractivity contribution in [1.29, 1.82) is 0 Å². The first-order valence-electron chi connectivity index (χ1n) is 4.36. The fourth-order valence-corrected chi connectivity index (χ4v) is 0.891. The van der Waals surface area contributed by atoms with Gasteiger partial charge in [-0.05, 0) is 18.8 Å². The summed E-state index contributed by atoms with van der Waals surface area (Å²) >= 11 is 0. The maximum atomic E-state index is 4.03. The van der Waals surface area contributed by atoms with Crippen molar-refractivity contribution >= 4 is 0 Å². The lowest BCUT2D eigenvalue weighted by Crippen LogP contribution is -1.91. The topological polar surface area (TPSA) is 0 Å². The van der Waals surface area contributed by atoms with Gasteiger partial charge in [-0.1, -0.05) is 45.8 Å². The van der Waals surface area contributed by atoms with Crippen molar-refractivity contribution in [2.24, 2.45) is 5.92 Å². The molecule has 0 bridgehead atoms. The molecule has 0 heteroatoms. The van der Waals surface area contributed by atoms with Crippen molar-refractivity contribution in [3.8, 4) is 0 Å². The number of rotatable bonds is 5. The van der Waals surface area contributed by atoms with Crippen molar-refractivity contribution in [3.05, 3.63) is 12.2 Å².